The highest BCUT2D eigenvalue weighted by Gasteiger charge is 2.28. The summed E-state index contributed by atoms with van der Waals surface area (Å²) < 4.78 is 22.2. The number of aliphatic hydroxyl groups is 2. The second-order valence-electron chi connectivity index (χ2n) is 13.3. The van der Waals surface area contributed by atoms with Crippen LogP contribution in [0.1, 0.15) is 51.3 Å². The Morgan fingerprint density at radius 1 is 1.17 bits per heavy atom. The van der Waals surface area contributed by atoms with E-state index in [1.165, 1.54) is 17.4 Å². The number of fused-ring (bicyclic) bond motifs is 2. The fourth-order valence-electron chi connectivity index (χ4n) is 5.84. The first-order valence-electron chi connectivity index (χ1n) is 17.0. The molecule has 6 rings (SSSR count). The van der Waals surface area contributed by atoms with Crippen LogP contribution in [-0.2, 0) is 12.8 Å². The molecule has 3 aromatic heterocycles. The predicted octanol–water partition coefficient (Wildman–Crippen LogP) is 5.70. The summed E-state index contributed by atoms with van der Waals surface area (Å²) in [7, 11) is 3.95. The molecule has 0 fully saturated rings. The van der Waals surface area contributed by atoms with Gasteiger partial charge in [-0.05, 0) is 68.9 Å². The second kappa shape index (κ2) is 16.3. The van der Waals surface area contributed by atoms with E-state index in [-0.39, 0.29) is 24.7 Å². The number of aliphatic hydroxyl groups excluding tert-OH is 2. The van der Waals surface area contributed by atoms with Gasteiger partial charge < -0.3 is 34.8 Å². The van der Waals surface area contributed by atoms with Gasteiger partial charge in [0.2, 0.25) is 0 Å². The predicted molar refractivity (Wildman–Crippen MR) is 201 cm³/mol. The average molecular weight is 747 g/mol. The van der Waals surface area contributed by atoms with Crippen molar-refractivity contribution >= 4 is 60.8 Å². The first kappa shape index (κ1) is 37.1. The number of hydrogen-bond donors (Lipinski definition) is 4. The lowest BCUT2D eigenvalue weighted by atomic mass is 10.0. The van der Waals surface area contributed by atoms with E-state index in [9.17, 15) is 19.4 Å². The highest BCUT2D eigenvalue weighted by Crippen LogP contribution is 2.39. The van der Waals surface area contributed by atoms with Crippen LogP contribution in [0.25, 0.3) is 10.2 Å². The number of aromatic nitrogens is 4. The van der Waals surface area contributed by atoms with Crippen molar-refractivity contribution in [1.29, 1.82) is 0 Å². The molecular formula is C37H41FN7O5S2+. The number of carboxylic acid groups (broad SMARTS) is 1. The SMILES string of the molecule is Cc1c(Nc2nc3ccccc3s2)nnc2c1CCCN2c1nc(C(=O)O)c(CCCOc2ccc(C#CC[N+](C)(C)CC[C@H](O)CO)cc2F)s1. The van der Waals surface area contributed by atoms with Gasteiger partial charge in [-0.15, -0.1) is 21.5 Å². The van der Waals surface area contributed by atoms with Gasteiger partial charge in [0.25, 0.3) is 0 Å². The van der Waals surface area contributed by atoms with Gasteiger partial charge in [0.1, 0.15) is 6.54 Å². The number of benzene rings is 2. The molecule has 0 amide bonds. The van der Waals surface area contributed by atoms with E-state index in [1.807, 2.05) is 50.2 Å². The first-order chi connectivity index (χ1) is 25.0. The van der Waals surface area contributed by atoms with Crippen LogP contribution in [0.2, 0.25) is 0 Å². The molecule has 0 saturated heterocycles. The number of thiazole rings is 2. The number of aromatic carboxylic acids is 1. The average Bonchev–Trinajstić information content (AvgIpc) is 3.75. The third-order valence-electron chi connectivity index (χ3n) is 8.78. The van der Waals surface area contributed by atoms with E-state index in [0.717, 1.165) is 39.3 Å². The molecule has 12 nitrogen and oxygen atoms in total. The fourth-order valence-corrected chi connectivity index (χ4v) is 7.82. The van der Waals surface area contributed by atoms with Gasteiger partial charge in [-0.25, -0.2) is 19.2 Å². The lowest BCUT2D eigenvalue weighted by Gasteiger charge is -2.28. The molecule has 1 aliphatic heterocycles. The van der Waals surface area contributed by atoms with E-state index in [0.29, 0.717) is 70.6 Å². The number of nitrogens with zero attached hydrogens (tertiary/aromatic N) is 6. The minimum Gasteiger partial charge on any atom is -0.491 e. The number of hydrogen-bond acceptors (Lipinski definition) is 12. The quantitative estimate of drug-likeness (QED) is 0.0629. The molecule has 0 radical (unpaired) electrons. The van der Waals surface area contributed by atoms with Crippen LogP contribution in [0.15, 0.2) is 42.5 Å². The highest BCUT2D eigenvalue weighted by molar-refractivity contribution is 7.22. The number of rotatable bonds is 14. The Balaban J connectivity index is 1.07. The van der Waals surface area contributed by atoms with Crippen LogP contribution in [0.4, 0.5) is 26.3 Å². The Bertz CT molecular complexity index is 2090. The van der Waals surface area contributed by atoms with E-state index >= 15 is 0 Å². The minimum absolute atomic E-state index is 0.00795. The summed E-state index contributed by atoms with van der Waals surface area (Å²) in [6.45, 7) is 3.68. The molecule has 15 heteroatoms. The number of nitrogens with one attached hydrogen (secondary N) is 1. The van der Waals surface area contributed by atoms with E-state index in [2.05, 4.69) is 37.3 Å². The van der Waals surface area contributed by atoms with Gasteiger partial charge in [0.15, 0.2) is 39.2 Å². The number of halogens is 1. The largest absolute Gasteiger partial charge is 0.491 e. The third kappa shape index (κ3) is 8.83. The van der Waals surface area contributed by atoms with Gasteiger partial charge >= 0.3 is 5.97 Å². The molecule has 272 valence electrons. The Kier molecular flexibility index (Phi) is 11.6. The molecule has 1 atom stereocenters. The van der Waals surface area contributed by atoms with Crippen molar-refractivity contribution in [3.8, 4) is 17.6 Å². The molecule has 0 aliphatic carbocycles. The van der Waals surface area contributed by atoms with Crippen LogP contribution in [0.5, 0.6) is 5.75 Å². The summed E-state index contributed by atoms with van der Waals surface area (Å²) in [5.74, 6) is 5.81. The maximum Gasteiger partial charge on any atom is 0.355 e. The normalized spacial score (nSPS) is 13.4. The summed E-state index contributed by atoms with van der Waals surface area (Å²) in [4.78, 5) is 23.9. The lowest BCUT2D eigenvalue weighted by molar-refractivity contribution is -0.883. The molecular weight excluding hydrogens is 706 g/mol. The molecule has 52 heavy (non-hydrogen) atoms. The maximum absolute atomic E-state index is 14.9. The molecule has 0 saturated carbocycles. The number of anilines is 4. The number of quaternary nitrogens is 1. The van der Waals surface area contributed by atoms with E-state index in [4.69, 9.17) is 9.84 Å². The maximum atomic E-state index is 14.9. The van der Waals surface area contributed by atoms with Crippen molar-refractivity contribution < 1.29 is 33.7 Å². The van der Waals surface area contributed by atoms with Crippen LogP contribution in [-0.4, -0.2) is 99.0 Å². The molecule has 0 bridgehead atoms. The zero-order valence-electron chi connectivity index (χ0n) is 29.2. The molecule has 2 aromatic carbocycles. The van der Waals surface area contributed by atoms with Crippen molar-refractivity contribution in [3.63, 3.8) is 0 Å². The van der Waals surface area contributed by atoms with E-state index in [1.54, 1.807) is 23.5 Å². The summed E-state index contributed by atoms with van der Waals surface area (Å²) in [6.07, 6.45) is 2.21. The molecule has 5 aromatic rings. The van der Waals surface area contributed by atoms with Crippen LogP contribution >= 0.6 is 22.7 Å². The van der Waals surface area contributed by atoms with Gasteiger partial charge in [0, 0.05) is 34.5 Å². The number of carbonyl (C=O) groups is 1. The van der Waals surface area contributed by atoms with Gasteiger partial charge in [-0.3, -0.25) is 0 Å². The van der Waals surface area contributed by atoms with Crippen LogP contribution in [0, 0.1) is 24.6 Å². The molecule has 1 aliphatic rings. The van der Waals surface area contributed by atoms with Crippen molar-refractivity contribution in [2.45, 2.75) is 45.1 Å². The molecule has 0 unspecified atom stereocenters. The summed E-state index contributed by atoms with van der Waals surface area (Å²) >= 11 is 2.86. The molecule has 0 spiro atoms. The number of carboxylic acids is 1. The second-order valence-corrected chi connectivity index (χ2v) is 15.4. The van der Waals surface area contributed by atoms with Gasteiger partial charge in [0.05, 0.1) is 50.2 Å². The minimum atomic E-state index is -1.11. The number of para-hydroxylation sites is 1. The van der Waals surface area contributed by atoms with Crippen molar-refractivity contribution in [2.75, 3.05) is 57.2 Å². The summed E-state index contributed by atoms with van der Waals surface area (Å²) in [5, 5.41) is 42.3. The third-order valence-corrected chi connectivity index (χ3v) is 10.9. The van der Waals surface area contributed by atoms with Gasteiger partial charge in [-0.1, -0.05) is 29.4 Å². The first-order valence-corrected chi connectivity index (χ1v) is 18.7. The summed E-state index contributed by atoms with van der Waals surface area (Å²) in [6, 6.07) is 12.5. The van der Waals surface area contributed by atoms with E-state index < -0.39 is 17.9 Å². The number of aryl methyl sites for hydroxylation is 1. The Hall–Kier alpha value is -4.72. The zero-order valence-corrected chi connectivity index (χ0v) is 30.9. The van der Waals surface area contributed by atoms with Crippen LogP contribution in [0.3, 0.4) is 0 Å². The lowest BCUT2D eigenvalue weighted by Crippen LogP contribution is -2.42. The topological polar surface area (TPSA) is 154 Å². The summed E-state index contributed by atoms with van der Waals surface area (Å²) in [5.41, 5.74) is 3.42. The zero-order chi connectivity index (χ0) is 36.8. The number of ether oxygens (including phenoxy) is 1. The fraction of sp³-hybridized carbons (Fsp3) is 0.378. The standard InChI is InChI=1S/C37H40FN7O5S2/c1-23-26-10-6-17-44(34(26)43-42-33(23)41-36-39-28-11-4-5-12-30(28)51-36)37-40-32(35(48)49)31(52-37)13-8-20-50-29-15-14-24(21-27(29)38)9-7-18-45(2,3)19-16-25(47)22-46/h4-5,11-12,14-15,21,25,46-47H,6,8,10,13,16-20,22H2,1-3H3,(H-,39,41,42,48,49)/p+1/t25-/m0/s1. The highest BCUT2D eigenvalue weighted by atomic mass is 32.1. The molecule has 4 heterocycles. The molecule has 4 N–H and O–H groups in total. The monoisotopic (exact) mass is 746 g/mol. The Morgan fingerprint density at radius 3 is 2.77 bits per heavy atom. The van der Waals surface area contributed by atoms with Gasteiger partial charge in [-0.2, -0.15) is 0 Å². The Labute approximate surface area is 309 Å². The van der Waals surface area contributed by atoms with Crippen molar-refractivity contribution in [1.82, 2.24) is 20.2 Å². The Morgan fingerprint density at radius 2 is 2.00 bits per heavy atom. The van der Waals surface area contributed by atoms with Crippen molar-refractivity contribution in [3.05, 3.63) is 75.5 Å². The smallest absolute Gasteiger partial charge is 0.355 e. The van der Waals surface area contributed by atoms with Crippen molar-refractivity contribution in [2.24, 2.45) is 0 Å². The van der Waals surface area contributed by atoms with Crippen LogP contribution < -0.4 is 15.0 Å².